The molecule has 0 saturated carbocycles. The Kier molecular flexibility index (Phi) is 1.66. The third kappa shape index (κ3) is 1.35. The van der Waals surface area contributed by atoms with Crippen molar-refractivity contribution in [2.45, 2.75) is 12.0 Å². The summed E-state index contributed by atoms with van der Waals surface area (Å²) in [5, 5.41) is 9.82. The molecule has 12 heavy (non-hydrogen) atoms. The highest BCUT2D eigenvalue weighted by atomic mass is 16.3. The molecule has 4 heteroatoms. The van der Waals surface area contributed by atoms with Crippen LogP contribution >= 0.6 is 0 Å². The van der Waals surface area contributed by atoms with Gasteiger partial charge in [-0.3, -0.25) is 0 Å². The lowest BCUT2D eigenvalue weighted by Crippen LogP contribution is -2.61. The molecule has 1 aliphatic heterocycles. The molecule has 2 heterocycles. The van der Waals surface area contributed by atoms with Gasteiger partial charge in [0.05, 0.1) is 11.8 Å². The third-order valence-electron chi connectivity index (χ3n) is 2.12. The van der Waals surface area contributed by atoms with Crippen molar-refractivity contribution >= 4 is 0 Å². The van der Waals surface area contributed by atoms with Crippen LogP contribution in [0.5, 0.6) is 0 Å². The van der Waals surface area contributed by atoms with Crippen LogP contribution in [-0.4, -0.2) is 40.7 Å². The Morgan fingerprint density at radius 3 is 3.00 bits per heavy atom. The van der Waals surface area contributed by atoms with Gasteiger partial charge in [-0.25, -0.2) is 4.98 Å². The lowest BCUT2D eigenvalue weighted by molar-refractivity contribution is -0.0874. The molecule has 0 amide bonds. The molecular formula is C8H12N2O2. The summed E-state index contributed by atoms with van der Waals surface area (Å²) in [5.74, 6) is 0.755. The Bertz CT molecular complexity index is 252. The molecule has 0 bridgehead atoms. The molecule has 1 fully saturated rings. The number of aromatic nitrogens is 1. The first-order valence-electron chi connectivity index (χ1n) is 3.96. The third-order valence-corrected chi connectivity index (χ3v) is 2.12. The molecule has 2 rings (SSSR count). The lowest BCUT2D eigenvalue weighted by atomic mass is 9.90. The summed E-state index contributed by atoms with van der Waals surface area (Å²) >= 11 is 0. The van der Waals surface area contributed by atoms with Crippen molar-refractivity contribution in [1.29, 1.82) is 0 Å². The quantitative estimate of drug-likeness (QED) is 0.669. The first kappa shape index (κ1) is 7.76. The van der Waals surface area contributed by atoms with Gasteiger partial charge >= 0.3 is 0 Å². The van der Waals surface area contributed by atoms with Crippen molar-refractivity contribution < 1.29 is 9.52 Å². The predicted octanol–water partition coefficient (Wildman–Crippen LogP) is -0.106. The number of nitrogens with zero attached hydrogens (tertiary/aromatic N) is 2. The van der Waals surface area contributed by atoms with Crippen molar-refractivity contribution in [3.63, 3.8) is 0 Å². The van der Waals surface area contributed by atoms with E-state index in [2.05, 4.69) is 9.88 Å². The zero-order valence-electron chi connectivity index (χ0n) is 7.03. The maximum atomic E-state index is 9.82. The van der Waals surface area contributed by atoms with Crippen LogP contribution in [0.15, 0.2) is 17.0 Å². The molecule has 0 radical (unpaired) electrons. The van der Waals surface area contributed by atoms with Crippen LogP contribution in [0.3, 0.4) is 0 Å². The normalized spacial score (nSPS) is 22.2. The monoisotopic (exact) mass is 168 g/mol. The van der Waals surface area contributed by atoms with Gasteiger partial charge in [0.1, 0.15) is 5.76 Å². The second kappa shape index (κ2) is 2.57. The maximum absolute atomic E-state index is 9.82. The summed E-state index contributed by atoms with van der Waals surface area (Å²) < 4.78 is 5.05. The van der Waals surface area contributed by atoms with E-state index in [1.165, 1.54) is 6.39 Å². The van der Waals surface area contributed by atoms with E-state index in [0.717, 1.165) is 5.76 Å². The van der Waals surface area contributed by atoms with Crippen molar-refractivity contribution in [2.75, 3.05) is 20.1 Å². The maximum Gasteiger partial charge on any atom is 0.180 e. The zero-order valence-corrected chi connectivity index (χ0v) is 7.03. The van der Waals surface area contributed by atoms with Gasteiger partial charge in [-0.1, -0.05) is 0 Å². The van der Waals surface area contributed by atoms with Gasteiger partial charge in [0.15, 0.2) is 6.39 Å². The highest BCUT2D eigenvalue weighted by molar-refractivity contribution is 5.03. The van der Waals surface area contributed by atoms with Crippen LogP contribution in [0.25, 0.3) is 0 Å². The Hall–Kier alpha value is -0.870. The van der Waals surface area contributed by atoms with Gasteiger partial charge in [0, 0.05) is 19.5 Å². The summed E-state index contributed by atoms with van der Waals surface area (Å²) in [4.78, 5) is 5.86. The molecule has 0 spiro atoms. The SMILES string of the molecule is CN1CC(O)(Cc2cnco2)C1. The minimum absolute atomic E-state index is 0.567. The molecule has 1 aliphatic rings. The first-order chi connectivity index (χ1) is 5.68. The van der Waals surface area contributed by atoms with E-state index in [0.29, 0.717) is 19.5 Å². The van der Waals surface area contributed by atoms with E-state index in [-0.39, 0.29) is 0 Å². The number of hydrogen-bond donors (Lipinski definition) is 1. The van der Waals surface area contributed by atoms with Crippen LogP contribution < -0.4 is 0 Å². The van der Waals surface area contributed by atoms with Gasteiger partial charge in [-0.05, 0) is 7.05 Å². The lowest BCUT2D eigenvalue weighted by Gasteiger charge is -2.44. The summed E-state index contributed by atoms with van der Waals surface area (Å²) in [6.07, 6.45) is 3.61. The van der Waals surface area contributed by atoms with Crippen LogP contribution in [-0.2, 0) is 6.42 Å². The minimum atomic E-state index is -0.589. The van der Waals surface area contributed by atoms with Crippen molar-refractivity contribution in [3.8, 4) is 0 Å². The number of hydrogen-bond acceptors (Lipinski definition) is 4. The molecular weight excluding hydrogens is 156 g/mol. The van der Waals surface area contributed by atoms with E-state index in [4.69, 9.17) is 4.42 Å². The summed E-state index contributed by atoms with van der Waals surface area (Å²) in [6.45, 7) is 1.43. The average molecular weight is 168 g/mol. The Labute approximate surface area is 70.8 Å². The van der Waals surface area contributed by atoms with Gasteiger partial charge in [-0.2, -0.15) is 0 Å². The van der Waals surface area contributed by atoms with Crippen LogP contribution in [0.1, 0.15) is 5.76 Å². The fourth-order valence-electron chi connectivity index (χ4n) is 1.72. The minimum Gasteiger partial charge on any atom is -0.448 e. The first-order valence-corrected chi connectivity index (χ1v) is 3.96. The number of aliphatic hydroxyl groups is 1. The van der Waals surface area contributed by atoms with Crippen LogP contribution in [0, 0.1) is 0 Å². The van der Waals surface area contributed by atoms with Crippen molar-refractivity contribution in [2.24, 2.45) is 0 Å². The molecule has 1 aromatic heterocycles. The molecule has 66 valence electrons. The Morgan fingerprint density at radius 1 is 1.75 bits per heavy atom. The van der Waals surface area contributed by atoms with E-state index in [1.807, 2.05) is 7.05 Å². The fraction of sp³-hybridized carbons (Fsp3) is 0.625. The second-order valence-electron chi connectivity index (χ2n) is 3.54. The molecule has 0 atom stereocenters. The second-order valence-corrected chi connectivity index (χ2v) is 3.54. The topological polar surface area (TPSA) is 49.5 Å². The number of likely N-dealkylation sites (tertiary alicyclic amines) is 1. The highest BCUT2D eigenvalue weighted by Gasteiger charge is 2.39. The van der Waals surface area contributed by atoms with Crippen LogP contribution in [0.2, 0.25) is 0 Å². The molecule has 0 aromatic carbocycles. The molecule has 0 aliphatic carbocycles. The summed E-state index contributed by atoms with van der Waals surface area (Å²) in [5.41, 5.74) is -0.589. The van der Waals surface area contributed by atoms with E-state index in [1.54, 1.807) is 6.20 Å². The van der Waals surface area contributed by atoms with E-state index >= 15 is 0 Å². The molecule has 1 aromatic rings. The van der Waals surface area contributed by atoms with Gasteiger partial charge in [0.25, 0.3) is 0 Å². The van der Waals surface area contributed by atoms with E-state index in [9.17, 15) is 5.11 Å². The Balaban J connectivity index is 1.96. The number of rotatable bonds is 2. The van der Waals surface area contributed by atoms with Crippen molar-refractivity contribution in [3.05, 3.63) is 18.4 Å². The fourth-order valence-corrected chi connectivity index (χ4v) is 1.72. The smallest absolute Gasteiger partial charge is 0.180 e. The van der Waals surface area contributed by atoms with Gasteiger partial charge in [-0.15, -0.1) is 0 Å². The Morgan fingerprint density at radius 2 is 2.50 bits per heavy atom. The van der Waals surface area contributed by atoms with Gasteiger partial charge < -0.3 is 14.4 Å². The zero-order chi connectivity index (χ0) is 8.60. The predicted molar refractivity (Wildman–Crippen MR) is 42.7 cm³/mol. The standard InChI is InChI=1S/C8H12N2O2/c1-10-4-8(11,5-10)2-7-3-9-6-12-7/h3,6,11H,2,4-5H2,1H3. The molecule has 1 N–H and O–H groups in total. The summed E-state index contributed by atoms with van der Waals surface area (Å²) in [7, 11) is 1.98. The van der Waals surface area contributed by atoms with Crippen molar-refractivity contribution in [1.82, 2.24) is 9.88 Å². The number of oxazole rings is 1. The molecule has 1 saturated heterocycles. The number of β-amino-alcohol motifs (C(OH)–C–C–N with tert-alkyl or cyclic N) is 1. The average Bonchev–Trinajstić information content (AvgIpc) is 2.36. The van der Waals surface area contributed by atoms with E-state index < -0.39 is 5.60 Å². The van der Waals surface area contributed by atoms with Crippen LogP contribution in [0.4, 0.5) is 0 Å². The summed E-state index contributed by atoms with van der Waals surface area (Å²) in [6, 6.07) is 0. The molecule has 4 nitrogen and oxygen atoms in total. The van der Waals surface area contributed by atoms with Gasteiger partial charge in [0.2, 0.25) is 0 Å². The highest BCUT2D eigenvalue weighted by Crippen LogP contribution is 2.23. The molecule has 0 unspecified atom stereocenters. The number of likely N-dealkylation sites (N-methyl/N-ethyl adjacent to an activating group) is 1. The largest absolute Gasteiger partial charge is 0.448 e.